The van der Waals surface area contributed by atoms with Crippen LogP contribution in [-0.2, 0) is 19.1 Å². The summed E-state index contributed by atoms with van der Waals surface area (Å²) in [7, 11) is 0. The van der Waals surface area contributed by atoms with Gasteiger partial charge in [0.05, 0.1) is 6.61 Å². The molecule has 1 unspecified atom stereocenters. The molecule has 0 rings (SSSR count). The smallest absolute Gasteiger partial charge is 0.305 e. The zero-order valence-electron chi connectivity index (χ0n) is 30.6. The van der Waals surface area contributed by atoms with Crippen LogP contribution in [-0.4, -0.2) is 54.6 Å². The SMILES string of the molecule is CCCCCCCCCCCCCCCC(=O)OCCC[N+](O)(CC)CCOC(=O)CCCCCCCCCCCCCCC. The average Bonchev–Trinajstić information content (AvgIpc) is 3.03. The third-order valence-electron chi connectivity index (χ3n) is 9.31. The molecule has 0 aromatic heterocycles. The molecule has 268 valence electrons. The Morgan fingerprint density at radius 2 is 0.733 bits per heavy atom. The summed E-state index contributed by atoms with van der Waals surface area (Å²) < 4.78 is 10.6. The first-order valence-corrected chi connectivity index (χ1v) is 19.9. The predicted octanol–water partition coefficient (Wildman–Crippen LogP) is 11.7. The Kier molecular flexibility index (Phi) is 33.3. The highest BCUT2D eigenvalue weighted by molar-refractivity contribution is 5.69. The summed E-state index contributed by atoms with van der Waals surface area (Å²) in [6.07, 6.45) is 35.1. The van der Waals surface area contributed by atoms with Gasteiger partial charge in [-0.25, -0.2) is 5.21 Å². The van der Waals surface area contributed by atoms with Crippen LogP contribution in [0.2, 0.25) is 0 Å². The number of nitrogens with zero attached hydrogens (tertiary/aromatic N) is 1. The highest BCUT2D eigenvalue weighted by atomic mass is 16.6. The molecule has 1 atom stereocenters. The van der Waals surface area contributed by atoms with Crippen molar-refractivity contribution < 1.29 is 28.9 Å². The summed E-state index contributed by atoms with van der Waals surface area (Å²) in [5.74, 6) is -0.296. The largest absolute Gasteiger partial charge is 0.465 e. The number of carbonyl (C=O) groups is 2. The molecule has 6 nitrogen and oxygen atoms in total. The number of esters is 2. The third kappa shape index (κ3) is 32.6. The molecule has 0 radical (unpaired) electrons. The lowest BCUT2D eigenvalue weighted by molar-refractivity contribution is -1.10. The van der Waals surface area contributed by atoms with Crippen molar-refractivity contribution in [2.45, 2.75) is 207 Å². The Labute approximate surface area is 280 Å². The van der Waals surface area contributed by atoms with Crippen LogP contribution in [0.25, 0.3) is 0 Å². The highest BCUT2D eigenvalue weighted by Gasteiger charge is 2.23. The average molecular weight is 641 g/mol. The summed E-state index contributed by atoms with van der Waals surface area (Å²) >= 11 is 0. The molecule has 0 saturated heterocycles. The molecule has 0 amide bonds. The Hall–Kier alpha value is -1.14. The van der Waals surface area contributed by atoms with Gasteiger partial charge in [0.15, 0.2) is 0 Å². The maximum Gasteiger partial charge on any atom is 0.305 e. The standard InChI is InChI=1S/C39H78NO5/c1-4-7-9-11-13-15-17-19-21-23-25-27-29-32-38(41)44-36-31-34-40(43,6-3)35-37-45-39(42)33-30-28-26-24-22-20-18-16-14-12-10-8-5-2/h43H,4-37H2,1-3H3/q+1. The molecule has 6 heteroatoms. The molecular formula is C39H78NO5+. The zero-order chi connectivity index (χ0) is 33.1. The van der Waals surface area contributed by atoms with E-state index in [4.69, 9.17) is 9.47 Å². The summed E-state index contributed by atoms with van der Waals surface area (Å²) in [6.45, 7) is 8.40. The van der Waals surface area contributed by atoms with E-state index in [-0.39, 0.29) is 23.2 Å². The highest BCUT2D eigenvalue weighted by Crippen LogP contribution is 2.15. The quantitative estimate of drug-likeness (QED) is 0.0319. The molecule has 0 bridgehead atoms. The lowest BCUT2D eigenvalue weighted by Gasteiger charge is -2.28. The molecule has 0 aliphatic rings. The van der Waals surface area contributed by atoms with E-state index in [1.807, 2.05) is 6.92 Å². The van der Waals surface area contributed by atoms with Gasteiger partial charge in [0.2, 0.25) is 0 Å². The van der Waals surface area contributed by atoms with Crippen LogP contribution in [0.1, 0.15) is 207 Å². The molecule has 45 heavy (non-hydrogen) atoms. The molecule has 0 aromatic rings. The van der Waals surface area contributed by atoms with E-state index >= 15 is 0 Å². The van der Waals surface area contributed by atoms with Gasteiger partial charge in [0.25, 0.3) is 0 Å². The fourth-order valence-corrected chi connectivity index (χ4v) is 6.02. The van der Waals surface area contributed by atoms with E-state index in [1.54, 1.807) is 0 Å². The first-order chi connectivity index (χ1) is 22.0. The van der Waals surface area contributed by atoms with E-state index in [9.17, 15) is 14.8 Å². The Bertz CT molecular complexity index is 643. The second-order valence-electron chi connectivity index (χ2n) is 13.6. The summed E-state index contributed by atoms with van der Waals surface area (Å²) in [6, 6.07) is 0. The van der Waals surface area contributed by atoms with Gasteiger partial charge in [0, 0.05) is 19.3 Å². The lowest BCUT2D eigenvalue weighted by atomic mass is 10.0. The van der Waals surface area contributed by atoms with E-state index in [1.165, 1.54) is 141 Å². The number of likely N-dealkylation sites (N-methyl/N-ethyl adjacent to an activating group) is 1. The minimum atomic E-state index is -0.164. The number of ether oxygens (including phenoxy) is 2. The lowest BCUT2D eigenvalue weighted by Crippen LogP contribution is -2.48. The maximum atomic E-state index is 12.1. The van der Waals surface area contributed by atoms with Crippen molar-refractivity contribution in [3.63, 3.8) is 0 Å². The molecule has 0 aromatic carbocycles. The molecule has 0 fully saturated rings. The van der Waals surface area contributed by atoms with Crippen LogP contribution < -0.4 is 0 Å². The minimum Gasteiger partial charge on any atom is -0.465 e. The topological polar surface area (TPSA) is 72.8 Å². The fourth-order valence-electron chi connectivity index (χ4n) is 6.02. The van der Waals surface area contributed by atoms with E-state index in [0.717, 1.165) is 25.7 Å². The van der Waals surface area contributed by atoms with E-state index in [2.05, 4.69) is 13.8 Å². The van der Waals surface area contributed by atoms with Crippen LogP contribution in [0.15, 0.2) is 0 Å². The minimum absolute atomic E-state index is 0.132. The molecule has 0 aliphatic heterocycles. The normalized spacial score (nSPS) is 12.7. The third-order valence-corrected chi connectivity index (χ3v) is 9.31. The van der Waals surface area contributed by atoms with Crippen molar-refractivity contribution in [1.82, 2.24) is 0 Å². The molecule has 1 N–H and O–H groups in total. The van der Waals surface area contributed by atoms with Gasteiger partial charge in [-0.15, -0.1) is 0 Å². The van der Waals surface area contributed by atoms with E-state index < -0.39 is 0 Å². The van der Waals surface area contributed by atoms with Crippen LogP contribution in [0.4, 0.5) is 0 Å². The van der Waals surface area contributed by atoms with Gasteiger partial charge >= 0.3 is 11.9 Å². The van der Waals surface area contributed by atoms with Gasteiger partial charge in [-0.2, -0.15) is 4.65 Å². The number of carbonyl (C=O) groups excluding carboxylic acids is 2. The molecule has 0 heterocycles. The van der Waals surface area contributed by atoms with Gasteiger partial charge in [0.1, 0.15) is 26.2 Å². The van der Waals surface area contributed by atoms with Crippen molar-refractivity contribution in [2.75, 3.05) is 32.8 Å². The van der Waals surface area contributed by atoms with Crippen molar-refractivity contribution in [1.29, 1.82) is 0 Å². The summed E-state index contributed by atoms with van der Waals surface area (Å²) in [5.41, 5.74) is 0. The van der Waals surface area contributed by atoms with Crippen LogP contribution in [0.5, 0.6) is 0 Å². The maximum absolute atomic E-state index is 12.1. The Balaban J connectivity index is 3.60. The number of hydrogen-bond donors (Lipinski definition) is 1. The second-order valence-corrected chi connectivity index (χ2v) is 13.6. The number of hydrogen-bond acceptors (Lipinski definition) is 5. The van der Waals surface area contributed by atoms with Crippen LogP contribution in [0.3, 0.4) is 0 Å². The molecular weight excluding hydrogens is 562 g/mol. The Morgan fingerprint density at radius 1 is 0.422 bits per heavy atom. The molecule has 0 saturated carbocycles. The number of rotatable bonds is 36. The Morgan fingerprint density at radius 3 is 1.07 bits per heavy atom. The number of unbranched alkanes of at least 4 members (excludes halogenated alkanes) is 24. The second kappa shape index (κ2) is 34.2. The van der Waals surface area contributed by atoms with Crippen molar-refractivity contribution in [3.8, 4) is 0 Å². The van der Waals surface area contributed by atoms with Crippen molar-refractivity contribution in [2.24, 2.45) is 0 Å². The molecule has 0 aliphatic carbocycles. The van der Waals surface area contributed by atoms with Crippen molar-refractivity contribution >= 4 is 11.9 Å². The monoisotopic (exact) mass is 641 g/mol. The van der Waals surface area contributed by atoms with E-state index in [0.29, 0.717) is 45.5 Å². The first kappa shape index (κ1) is 43.9. The number of quaternary nitrogens is 1. The summed E-state index contributed by atoms with van der Waals surface area (Å²) in [4.78, 5) is 24.2. The van der Waals surface area contributed by atoms with Gasteiger partial charge in [-0.3, -0.25) is 9.59 Å². The van der Waals surface area contributed by atoms with Crippen LogP contribution in [0, 0.1) is 0 Å². The fraction of sp³-hybridized carbons (Fsp3) is 0.949. The van der Waals surface area contributed by atoms with Gasteiger partial charge in [-0.05, 0) is 19.8 Å². The summed E-state index contributed by atoms with van der Waals surface area (Å²) in [5, 5.41) is 10.8. The predicted molar refractivity (Wildman–Crippen MR) is 189 cm³/mol. The first-order valence-electron chi connectivity index (χ1n) is 19.9. The zero-order valence-corrected chi connectivity index (χ0v) is 30.6. The number of hydroxylamine groups is 3. The van der Waals surface area contributed by atoms with Gasteiger partial charge in [-0.1, -0.05) is 168 Å². The molecule has 0 spiro atoms. The van der Waals surface area contributed by atoms with Crippen LogP contribution >= 0.6 is 0 Å². The van der Waals surface area contributed by atoms with Crippen molar-refractivity contribution in [3.05, 3.63) is 0 Å². The van der Waals surface area contributed by atoms with Gasteiger partial charge < -0.3 is 9.47 Å².